The van der Waals surface area contributed by atoms with Crippen molar-refractivity contribution < 1.29 is 22.3 Å². The van der Waals surface area contributed by atoms with Gasteiger partial charge < -0.3 is 9.47 Å². The summed E-state index contributed by atoms with van der Waals surface area (Å²) in [5, 5.41) is 7.44. The summed E-state index contributed by atoms with van der Waals surface area (Å²) in [7, 11) is -0.990. The molecule has 0 spiro atoms. The minimum atomic E-state index is -3.99. The quantitative estimate of drug-likeness (QED) is 0.373. The predicted molar refractivity (Wildman–Crippen MR) is 128 cm³/mol. The summed E-state index contributed by atoms with van der Waals surface area (Å²) in [4.78, 5) is 7.70. The first-order valence-electron chi connectivity index (χ1n) is 10.5. The third-order valence-corrected chi connectivity index (χ3v) is 6.92. The minimum absolute atomic E-state index is 0.0345. The molecular weight excluding hydrogens is 475 g/mol. The van der Waals surface area contributed by atoms with Gasteiger partial charge in [-0.05, 0) is 19.1 Å². The highest BCUT2D eigenvalue weighted by atomic mass is 32.2. The number of ether oxygens (including phenoxy) is 2. The van der Waals surface area contributed by atoms with E-state index in [4.69, 9.17) is 9.47 Å². The zero-order valence-electron chi connectivity index (χ0n) is 19.2. The molecule has 0 aliphatic heterocycles. The highest BCUT2D eigenvalue weighted by Gasteiger charge is 2.28. The summed E-state index contributed by atoms with van der Waals surface area (Å²) in [5.41, 5.74) is 1.12. The smallest absolute Gasteiger partial charge is 0.243 e. The van der Waals surface area contributed by atoms with Gasteiger partial charge in [-0.2, -0.15) is 0 Å². The molecule has 2 heterocycles. The summed E-state index contributed by atoms with van der Waals surface area (Å²) in [6.45, 7) is 1.50. The molecule has 0 unspecified atom stereocenters. The molecular formula is C23H23FN6O4S. The van der Waals surface area contributed by atoms with Gasteiger partial charge >= 0.3 is 0 Å². The van der Waals surface area contributed by atoms with Crippen LogP contribution in [0.15, 0.2) is 60.9 Å². The van der Waals surface area contributed by atoms with Crippen molar-refractivity contribution in [2.75, 3.05) is 18.9 Å². The first-order valence-corrected chi connectivity index (χ1v) is 12.1. The average Bonchev–Trinajstić information content (AvgIpc) is 3.27. The first-order chi connectivity index (χ1) is 16.8. The van der Waals surface area contributed by atoms with Crippen LogP contribution in [0.1, 0.15) is 12.7 Å². The summed E-state index contributed by atoms with van der Waals surface area (Å²) < 4.78 is 54.7. The fourth-order valence-corrected chi connectivity index (χ4v) is 4.38. The Morgan fingerprint density at radius 1 is 0.971 bits per heavy atom. The third kappa shape index (κ3) is 5.06. The van der Waals surface area contributed by atoms with E-state index in [0.717, 1.165) is 12.4 Å². The van der Waals surface area contributed by atoms with Gasteiger partial charge in [-0.25, -0.2) is 22.8 Å². The van der Waals surface area contributed by atoms with Crippen molar-refractivity contribution in [1.29, 1.82) is 0 Å². The molecule has 0 radical (unpaired) electrons. The fraction of sp³-hybridized carbons (Fsp3) is 0.217. The molecule has 4 aromatic rings. The summed E-state index contributed by atoms with van der Waals surface area (Å²) >= 11 is 0. The van der Waals surface area contributed by atoms with E-state index in [1.165, 1.54) is 25.7 Å². The highest BCUT2D eigenvalue weighted by Crippen LogP contribution is 2.37. The number of benzene rings is 2. The standard InChI is InChI=1S/C23H23FN6O4S/c1-15(12-20-25-13-17(24)14-26-20)35(31,32)29-23-28-27-22(16-8-5-4-6-9-16)30(23)21-18(33-2)10-7-11-19(21)34-3/h4-11,13-15H,12H2,1-3H3,(H,28,29)/t15-/m1/s1. The summed E-state index contributed by atoms with van der Waals surface area (Å²) in [6, 6.07) is 14.4. The second-order valence-corrected chi connectivity index (χ2v) is 9.64. The van der Waals surface area contributed by atoms with Gasteiger partial charge in [0.25, 0.3) is 0 Å². The molecule has 0 bridgehead atoms. The van der Waals surface area contributed by atoms with E-state index in [9.17, 15) is 12.8 Å². The summed E-state index contributed by atoms with van der Waals surface area (Å²) in [6.07, 6.45) is 1.95. The number of anilines is 1. The number of sulfonamides is 1. The number of aromatic nitrogens is 5. The van der Waals surface area contributed by atoms with Crippen molar-refractivity contribution in [2.24, 2.45) is 0 Å². The van der Waals surface area contributed by atoms with Crippen LogP contribution in [0.2, 0.25) is 0 Å². The molecule has 0 saturated carbocycles. The Labute approximate surface area is 201 Å². The molecule has 4 rings (SSSR count). The number of rotatable bonds is 9. The summed E-state index contributed by atoms with van der Waals surface area (Å²) in [5.74, 6) is 0.764. The molecule has 35 heavy (non-hydrogen) atoms. The van der Waals surface area contributed by atoms with Gasteiger partial charge in [0.2, 0.25) is 16.0 Å². The van der Waals surface area contributed by atoms with Crippen molar-refractivity contribution >= 4 is 16.0 Å². The SMILES string of the molecule is COc1cccc(OC)c1-n1c(NS(=O)(=O)[C@H](C)Cc2ncc(F)cn2)nnc1-c1ccccc1. The van der Waals surface area contributed by atoms with Crippen molar-refractivity contribution in [3.8, 4) is 28.6 Å². The monoisotopic (exact) mass is 498 g/mol. The Morgan fingerprint density at radius 3 is 2.20 bits per heavy atom. The zero-order valence-corrected chi connectivity index (χ0v) is 20.0. The van der Waals surface area contributed by atoms with Crippen molar-refractivity contribution in [3.05, 3.63) is 72.6 Å². The first kappa shape index (κ1) is 24.1. The van der Waals surface area contributed by atoms with Crippen LogP contribution in [-0.4, -0.2) is 52.6 Å². The van der Waals surface area contributed by atoms with Crippen molar-refractivity contribution in [1.82, 2.24) is 24.7 Å². The number of nitrogens with zero attached hydrogens (tertiary/aromatic N) is 5. The lowest BCUT2D eigenvalue weighted by Crippen LogP contribution is -2.29. The van der Waals surface area contributed by atoms with E-state index in [2.05, 4.69) is 24.9 Å². The number of hydrogen-bond acceptors (Lipinski definition) is 8. The molecule has 2 aromatic carbocycles. The molecule has 0 aliphatic carbocycles. The largest absolute Gasteiger partial charge is 0.494 e. The maximum absolute atomic E-state index is 13.2. The molecule has 0 aliphatic rings. The molecule has 0 fully saturated rings. The number of halogens is 1. The van der Waals surface area contributed by atoms with Crippen LogP contribution in [-0.2, 0) is 16.4 Å². The predicted octanol–water partition coefficient (Wildman–Crippen LogP) is 3.25. The van der Waals surface area contributed by atoms with E-state index in [-0.39, 0.29) is 18.2 Å². The third-order valence-electron chi connectivity index (χ3n) is 5.23. The van der Waals surface area contributed by atoms with Gasteiger partial charge in [-0.15, -0.1) is 10.2 Å². The second kappa shape index (κ2) is 10.1. The number of para-hydroxylation sites is 1. The fourth-order valence-electron chi connectivity index (χ4n) is 3.43. The van der Waals surface area contributed by atoms with Crippen LogP contribution in [0.25, 0.3) is 17.1 Å². The van der Waals surface area contributed by atoms with Crippen LogP contribution in [0.5, 0.6) is 11.5 Å². The van der Waals surface area contributed by atoms with E-state index in [0.29, 0.717) is 28.6 Å². The van der Waals surface area contributed by atoms with Gasteiger partial charge in [-0.3, -0.25) is 9.29 Å². The zero-order chi connectivity index (χ0) is 25.0. The molecule has 0 saturated heterocycles. The van der Waals surface area contributed by atoms with Crippen LogP contribution >= 0.6 is 0 Å². The normalized spacial score (nSPS) is 12.2. The minimum Gasteiger partial charge on any atom is -0.494 e. The number of nitrogens with one attached hydrogen (secondary N) is 1. The molecule has 12 heteroatoms. The molecule has 2 aromatic heterocycles. The van der Waals surface area contributed by atoms with Gasteiger partial charge in [0.15, 0.2) is 11.6 Å². The van der Waals surface area contributed by atoms with Crippen LogP contribution in [0.3, 0.4) is 0 Å². The Hall–Kier alpha value is -4.06. The Morgan fingerprint density at radius 2 is 1.60 bits per heavy atom. The average molecular weight is 499 g/mol. The highest BCUT2D eigenvalue weighted by molar-refractivity contribution is 7.93. The lowest BCUT2D eigenvalue weighted by atomic mass is 10.2. The van der Waals surface area contributed by atoms with E-state index in [1.807, 2.05) is 30.3 Å². The second-order valence-electron chi connectivity index (χ2n) is 7.54. The number of hydrogen-bond donors (Lipinski definition) is 1. The van der Waals surface area contributed by atoms with Crippen LogP contribution in [0.4, 0.5) is 10.3 Å². The molecule has 0 amide bonds. The molecule has 182 valence electrons. The lowest BCUT2D eigenvalue weighted by molar-refractivity contribution is 0.391. The van der Waals surface area contributed by atoms with Gasteiger partial charge in [-0.1, -0.05) is 36.4 Å². The van der Waals surface area contributed by atoms with Crippen LogP contribution < -0.4 is 14.2 Å². The van der Waals surface area contributed by atoms with E-state index >= 15 is 0 Å². The number of methoxy groups -OCH3 is 2. The van der Waals surface area contributed by atoms with Gasteiger partial charge in [0.05, 0.1) is 31.9 Å². The lowest BCUT2D eigenvalue weighted by Gasteiger charge is -2.19. The topological polar surface area (TPSA) is 121 Å². The van der Waals surface area contributed by atoms with E-state index < -0.39 is 21.1 Å². The molecule has 10 nitrogen and oxygen atoms in total. The molecule has 1 atom stereocenters. The van der Waals surface area contributed by atoms with Gasteiger partial charge in [0, 0.05) is 12.0 Å². The Bertz CT molecular complexity index is 1390. The Kier molecular flexibility index (Phi) is 6.92. The van der Waals surface area contributed by atoms with E-state index in [1.54, 1.807) is 18.2 Å². The van der Waals surface area contributed by atoms with Gasteiger partial charge in [0.1, 0.15) is 23.0 Å². The maximum atomic E-state index is 13.2. The molecule has 1 N–H and O–H groups in total. The maximum Gasteiger partial charge on any atom is 0.243 e. The van der Waals surface area contributed by atoms with Crippen molar-refractivity contribution in [3.63, 3.8) is 0 Å². The Balaban J connectivity index is 1.79. The van der Waals surface area contributed by atoms with Crippen molar-refractivity contribution in [2.45, 2.75) is 18.6 Å². The van der Waals surface area contributed by atoms with Crippen LogP contribution in [0, 0.1) is 5.82 Å².